The summed E-state index contributed by atoms with van der Waals surface area (Å²) < 4.78 is 63.6. The third-order valence-corrected chi connectivity index (χ3v) is 3.94. The minimum absolute atomic E-state index is 0.0296. The van der Waals surface area contributed by atoms with Crippen LogP contribution in [0.1, 0.15) is 18.9 Å². The molecule has 1 atom stereocenters. The van der Waals surface area contributed by atoms with Crippen molar-refractivity contribution >= 4 is 15.9 Å². The zero-order valence-electron chi connectivity index (χ0n) is 10.5. The largest absolute Gasteiger partial charge is 0.416 e. The molecule has 0 spiro atoms. The molecule has 0 aromatic heterocycles. The summed E-state index contributed by atoms with van der Waals surface area (Å²) in [5.74, 6) is -0.218. The smallest absolute Gasteiger partial charge is 0.388 e. The Balaban J connectivity index is 3.02. The van der Waals surface area contributed by atoms with Crippen LogP contribution in [0.3, 0.4) is 0 Å². The van der Waals surface area contributed by atoms with E-state index in [1.54, 1.807) is 0 Å². The molecule has 0 saturated heterocycles. The number of benzene rings is 1. The van der Waals surface area contributed by atoms with Crippen molar-refractivity contribution in [2.75, 3.05) is 0 Å². The summed E-state index contributed by atoms with van der Waals surface area (Å²) in [5, 5.41) is 7.05. The first-order chi connectivity index (χ1) is 9.02. The van der Waals surface area contributed by atoms with Gasteiger partial charge in [0.15, 0.2) is 0 Å². The van der Waals surface area contributed by atoms with Crippen LogP contribution in [0.15, 0.2) is 29.2 Å². The van der Waals surface area contributed by atoms with Crippen LogP contribution in [-0.2, 0) is 16.2 Å². The molecule has 5 nitrogen and oxygen atoms in total. The van der Waals surface area contributed by atoms with Crippen molar-refractivity contribution in [3.05, 3.63) is 29.8 Å². The molecule has 9 heteroatoms. The summed E-state index contributed by atoms with van der Waals surface area (Å²) in [6, 6.07) is 2.75. The van der Waals surface area contributed by atoms with Gasteiger partial charge < -0.3 is 5.73 Å². The molecule has 0 radical (unpaired) electrons. The second-order valence-corrected chi connectivity index (χ2v) is 5.99. The minimum atomic E-state index is -4.61. The van der Waals surface area contributed by atoms with Crippen molar-refractivity contribution in [1.82, 2.24) is 4.72 Å². The summed E-state index contributed by atoms with van der Waals surface area (Å²) in [6.07, 6.45) is -4.64. The second-order valence-electron chi connectivity index (χ2n) is 4.28. The van der Waals surface area contributed by atoms with E-state index in [1.165, 1.54) is 6.92 Å². The zero-order chi connectivity index (χ0) is 15.6. The van der Waals surface area contributed by atoms with Crippen molar-refractivity contribution in [1.29, 1.82) is 5.41 Å². The summed E-state index contributed by atoms with van der Waals surface area (Å²) in [4.78, 5) is -0.484. The molecule has 1 unspecified atom stereocenters. The number of amidine groups is 1. The average molecular weight is 309 g/mol. The van der Waals surface area contributed by atoms with Gasteiger partial charge in [0.2, 0.25) is 10.0 Å². The molecule has 0 aliphatic heterocycles. The standard InChI is InChI=1S/C11H14F3N3O2S/c1-7(5-10(15)16)17-20(18,19)9-4-2-3-8(6-9)11(12,13)14/h2-4,6-7,17H,5H2,1H3,(H3,15,16). The lowest BCUT2D eigenvalue weighted by atomic mass is 10.2. The molecule has 1 rings (SSSR count). The normalized spacial score (nSPS) is 14.0. The van der Waals surface area contributed by atoms with E-state index in [0.717, 1.165) is 18.2 Å². The minimum Gasteiger partial charge on any atom is -0.388 e. The third-order valence-electron chi connectivity index (χ3n) is 2.35. The van der Waals surface area contributed by atoms with Crippen molar-refractivity contribution in [2.24, 2.45) is 5.73 Å². The molecule has 4 N–H and O–H groups in total. The van der Waals surface area contributed by atoms with E-state index in [9.17, 15) is 21.6 Å². The van der Waals surface area contributed by atoms with Crippen LogP contribution in [0.2, 0.25) is 0 Å². The lowest BCUT2D eigenvalue weighted by Gasteiger charge is -2.14. The van der Waals surface area contributed by atoms with Crippen molar-refractivity contribution in [3.8, 4) is 0 Å². The highest BCUT2D eigenvalue weighted by Crippen LogP contribution is 2.30. The van der Waals surface area contributed by atoms with E-state index in [0.29, 0.717) is 6.07 Å². The van der Waals surface area contributed by atoms with Crippen molar-refractivity contribution < 1.29 is 21.6 Å². The molecule has 1 aromatic rings. The van der Waals surface area contributed by atoms with Gasteiger partial charge in [-0.25, -0.2) is 13.1 Å². The van der Waals surface area contributed by atoms with Gasteiger partial charge in [0.05, 0.1) is 16.3 Å². The Bertz CT molecular complexity index is 599. The highest BCUT2D eigenvalue weighted by Gasteiger charge is 2.31. The predicted molar refractivity (Wildman–Crippen MR) is 67.8 cm³/mol. The Morgan fingerprint density at radius 1 is 1.45 bits per heavy atom. The number of nitrogens with one attached hydrogen (secondary N) is 2. The van der Waals surface area contributed by atoms with Gasteiger partial charge >= 0.3 is 6.18 Å². The van der Waals surface area contributed by atoms with Crippen LogP contribution in [0.25, 0.3) is 0 Å². The van der Waals surface area contributed by atoms with Crippen molar-refractivity contribution in [2.45, 2.75) is 30.5 Å². The van der Waals surface area contributed by atoms with E-state index >= 15 is 0 Å². The fourth-order valence-electron chi connectivity index (χ4n) is 1.54. The number of hydrogen-bond acceptors (Lipinski definition) is 3. The maximum Gasteiger partial charge on any atom is 0.416 e. The number of halogens is 3. The zero-order valence-corrected chi connectivity index (χ0v) is 11.3. The third kappa shape index (κ3) is 4.49. The highest BCUT2D eigenvalue weighted by molar-refractivity contribution is 7.89. The quantitative estimate of drug-likeness (QED) is 0.570. The van der Waals surface area contributed by atoms with Gasteiger partial charge in [0.25, 0.3) is 0 Å². The van der Waals surface area contributed by atoms with Gasteiger partial charge in [-0.2, -0.15) is 13.2 Å². The van der Waals surface area contributed by atoms with E-state index < -0.39 is 32.7 Å². The summed E-state index contributed by atoms with van der Waals surface area (Å²) >= 11 is 0. The van der Waals surface area contributed by atoms with Crippen LogP contribution in [0.4, 0.5) is 13.2 Å². The van der Waals surface area contributed by atoms with E-state index in [2.05, 4.69) is 4.72 Å². The first kappa shape index (κ1) is 16.4. The molecule has 20 heavy (non-hydrogen) atoms. The molecule has 0 aliphatic carbocycles. The molecule has 0 aliphatic rings. The van der Waals surface area contributed by atoms with Gasteiger partial charge in [-0.05, 0) is 25.1 Å². The van der Waals surface area contributed by atoms with Gasteiger partial charge in [-0.1, -0.05) is 6.07 Å². The predicted octanol–water partition coefficient (Wildman–Crippen LogP) is 1.70. The average Bonchev–Trinajstić information content (AvgIpc) is 2.26. The maximum absolute atomic E-state index is 12.5. The molecule has 0 amide bonds. The van der Waals surface area contributed by atoms with Crippen LogP contribution in [-0.4, -0.2) is 20.3 Å². The van der Waals surface area contributed by atoms with Crippen molar-refractivity contribution in [3.63, 3.8) is 0 Å². The topological polar surface area (TPSA) is 96.0 Å². The summed E-state index contributed by atoms with van der Waals surface area (Å²) in [7, 11) is -4.09. The Hall–Kier alpha value is -1.61. The summed E-state index contributed by atoms with van der Waals surface area (Å²) in [6.45, 7) is 1.46. The fourth-order valence-corrected chi connectivity index (χ4v) is 2.83. The lowest BCUT2D eigenvalue weighted by Crippen LogP contribution is -2.35. The number of nitrogens with two attached hydrogens (primary N) is 1. The fraction of sp³-hybridized carbons (Fsp3) is 0.364. The maximum atomic E-state index is 12.5. The van der Waals surface area contributed by atoms with Crippen LogP contribution >= 0.6 is 0 Å². The molecular formula is C11H14F3N3O2S. The Labute approximate surface area is 114 Å². The van der Waals surface area contributed by atoms with Gasteiger partial charge in [-0.3, -0.25) is 5.41 Å². The lowest BCUT2D eigenvalue weighted by molar-refractivity contribution is -0.137. The monoisotopic (exact) mass is 309 g/mol. The SMILES string of the molecule is CC(CC(=N)N)NS(=O)(=O)c1cccc(C(F)(F)F)c1. The number of rotatable bonds is 5. The Kier molecular flexibility index (Phi) is 4.77. The molecule has 0 saturated carbocycles. The van der Waals surface area contributed by atoms with Crippen LogP contribution < -0.4 is 10.5 Å². The first-order valence-electron chi connectivity index (χ1n) is 5.55. The van der Waals surface area contributed by atoms with E-state index in [4.69, 9.17) is 11.1 Å². The van der Waals surface area contributed by atoms with Gasteiger partial charge in [0.1, 0.15) is 0 Å². The van der Waals surface area contributed by atoms with E-state index in [1.807, 2.05) is 0 Å². The number of hydrogen-bond donors (Lipinski definition) is 3. The van der Waals surface area contributed by atoms with Crippen LogP contribution in [0, 0.1) is 5.41 Å². The van der Waals surface area contributed by atoms with Gasteiger partial charge in [-0.15, -0.1) is 0 Å². The molecule has 0 heterocycles. The molecule has 0 bridgehead atoms. The highest BCUT2D eigenvalue weighted by atomic mass is 32.2. The molecule has 0 fully saturated rings. The summed E-state index contributed by atoms with van der Waals surface area (Å²) in [5.41, 5.74) is 4.09. The van der Waals surface area contributed by atoms with Crippen LogP contribution in [0.5, 0.6) is 0 Å². The second kappa shape index (κ2) is 5.80. The molecule has 1 aromatic carbocycles. The molecule has 112 valence electrons. The first-order valence-corrected chi connectivity index (χ1v) is 7.03. The Morgan fingerprint density at radius 3 is 2.55 bits per heavy atom. The number of alkyl halides is 3. The van der Waals surface area contributed by atoms with Gasteiger partial charge in [0, 0.05) is 12.5 Å². The Morgan fingerprint density at radius 2 is 2.05 bits per heavy atom. The van der Waals surface area contributed by atoms with E-state index in [-0.39, 0.29) is 12.3 Å². The number of sulfonamides is 1. The molecular weight excluding hydrogens is 295 g/mol.